The van der Waals surface area contributed by atoms with Crippen LogP contribution < -0.4 is 10.2 Å². The van der Waals surface area contributed by atoms with Crippen molar-refractivity contribution in [2.24, 2.45) is 0 Å². The SMILES string of the molecule is O=C1NC2(CC2)CN1c1cc(Cl)cc(Cl)c1. The van der Waals surface area contributed by atoms with Crippen LogP contribution in [0.15, 0.2) is 18.2 Å². The molecule has 0 unspecified atom stereocenters. The Balaban J connectivity index is 1.94. The molecule has 1 heterocycles. The summed E-state index contributed by atoms with van der Waals surface area (Å²) in [4.78, 5) is 13.5. The lowest BCUT2D eigenvalue weighted by atomic mass is 10.2. The molecule has 1 N–H and O–H groups in total. The van der Waals surface area contributed by atoms with Gasteiger partial charge in [0.25, 0.3) is 0 Å². The Hall–Kier alpha value is -0.930. The molecule has 1 aliphatic heterocycles. The second-order valence-corrected chi connectivity index (χ2v) is 5.30. The first kappa shape index (κ1) is 10.2. The maximum absolute atomic E-state index is 11.8. The van der Waals surface area contributed by atoms with Crippen LogP contribution in [0.4, 0.5) is 10.5 Å². The zero-order chi connectivity index (χ0) is 11.3. The van der Waals surface area contributed by atoms with Crippen molar-refractivity contribution in [2.45, 2.75) is 18.4 Å². The van der Waals surface area contributed by atoms with Crippen molar-refractivity contribution in [1.29, 1.82) is 0 Å². The lowest BCUT2D eigenvalue weighted by molar-refractivity contribution is 0.250. The van der Waals surface area contributed by atoms with E-state index in [1.54, 1.807) is 23.1 Å². The summed E-state index contributed by atoms with van der Waals surface area (Å²) in [7, 11) is 0. The van der Waals surface area contributed by atoms with Crippen LogP contribution in [-0.4, -0.2) is 18.1 Å². The van der Waals surface area contributed by atoms with E-state index in [2.05, 4.69) is 5.32 Å². The van der Waals surface area contributed by atoms with E-state index in [0.717, 1.165) is 18.5 Å². The van der Waals surface area contributed by atoms with E-state index in [1.807, 2.05) is 0 Å². The van der Waals surface area contributed by atoms with Gasteiger partial charge in [0.2, 0.25) is 0 Å². The number of nitrogens with one attached hydrogen (secondary N) is 1. The fraction of sp³-hybridized carbons (Fsp3) is 0.364. The molecule has 1 aromatic rings. The second-order valence-electron chi connectivity index (χ2n) is 4.42. The molecule has 1 saturated carbocycles. The average molecular weight is 257 g/mol. The van der Waals surface area contributed by atoms with Gasteiger partial charge in [0, 0.05) is 15.7 Å². The number of nitrogens with zero attached hydrogens (tertiary/aromatic N) is 1. The highest BCUT2D eigenvalue weighted by atomic mass is 35.5. The highest BCUT2D eigenvalue weighted by molar-refractivity contribution is 6.35. The lowest BCUT2D eigenvalue weighted by Gasteiger charge is -2.15. The van der Waals surface area contributed by atoms with Crippen molar-refractivity contribution >= 4 is 34.9 Å². The van der Waals surface area contributed by atoms with Crippen molar-refractivity contribution in [2.75, 3.05) is 11.4 Å². The smallest absolute Gasteiger partial charge is 0.322 e. The summed E-state index contributed by atoms with van der Waals surface area (Å²) in [5.74, 6) is 0. The maximum atomic E-state index is 11.8. The van der Waals surface area contributed by atoms with Crippen molar-refractivity contribution in [3.63, 3.8) is 0 Å². The molecule has 1 saturated heterocycles. The standard InChI is InChI=1S/C11H10Cl2N2O/c12-7-3-8(13)5-9(4-7)15-6-11(1-2-11)14-10(15)16/h3-5H,1-2,6H2,(H,14,16). The van der Waals surface area contributed by atoms with E-state index in [0.29, 0.717) is 16.6 Å². The van der Waals surface area contributed by atoms with Gasteiger partial charge in [-0.25, -0.2) is 4.79 Å². The molecule has 1 aromatic carbocycles. The Labute approximate surface area is 103 Å². The van der Waals surface area contributed by atoms with E-state index in [1.165, 1.54) is 0 Å². The topological polar surface area (TPSA) is 32.3 Å². The number of carbonyl (C=O) groups excluding carboxylic acids is 1. The summed E-state index contributed by atoms with van der Waals surface area (Å²) in [6.07, 6.45) is 2.12. The van der Waals surface area contributed by atoms with Gasteiger partial charge in [-0.1, -0.05) is 23.2 Å². The first-order valence-electron chi connectivity index (χ1n) is 5.14. The van der Waals surface area contributed by atoms with Crippen LogP contribution in [0.5, 0.6) is 0 Å². The highest BCUT2D eigenvalue weighted by Gasteiger charge is 2.51. The summed E-state index contributed by atoms with van der Waals surface area (Å²) < 4.78 is 0. The molecule has 0 radical (unpaired) electrons. The summed E-state index contributed by atoms with van der Waals surface area (Å²) in [6, 6.07) is 5.12. The molecule has 16 heavy (non-hydrogen) atoms. The van der Waals surface area contributed by atoms with Gasteiger partial charge in [-0.3, -0.25) is 4.90 Å². The van der Waals surface area contributed by atoms with Crippen molar-refractivity contribution in [3.05, 3.63) is 28.2 Å². The molecule has 2 amide bonds. The van der Waals surface area contributed by atoms with Gasteiger partial charge in [-0.2, -0.15) is 0 Å². The Morgan fingerprint density at radius 2 is 1.81 bits per heavy atom. The third-order valence-electron chi connectivity index (χ3n) is 3.09. The minimum Gasteiger partial charge on any atom is -0.330 e. The van der Waals surface area contributed by atoms with Crippen LogP contribution in [0.1, 0.15) is 12.8 Å². The number of carbonyl (C=O) groups is 1. The number of hydrogen-bond acceptors (Lipinski definition) is 1. The number of amides is 2. The number of anilines is 1. The van der Waals surface area contributed by atoms with Crippen LogP contribution in [0.2, 0.25) is 10.0 Å². The maximum Gasteiger partial charge on any atom is 0.322 e. The lowest BCUT2D eigenvalue weighted by Crippen LogP contribution is -2.29. The molecule has 1 aliphatic carbocycles. The van der Waals surface area contributed by atoms with Crippen LogP contribution in [0.25, 0.3) is 0 Å². The average Bonchev–Trinajstić information content (AvgIpc) is 2.83. The number of rotatable bonds is 1. The number of benzene rings is 1. The Morgan fingerprint density at radius 3 is 2.31 bits per heavy atom. The fourth-order valence-electron chi connectivity index (χ4n) is 2.05. The van der Waals surface area contributed by atoms with E-state index >= 15 is 0 Å². The normalized spacial score (nSPS) is 21.4. The first-order valence-corrected chi connectivity index (χ1v) is 5.89. The van der Waals surface area contributed by atoms with Gasteiger partial charge < -0.3 is 5.32 Å². The molecule has 2 fully saturated rings. The molecule has 3 nitrogen and oxygen atoms in total. The number of urea groups is 1. The molecule has 0 bridgehead atoms. The van der Waals surface area contributed by atoms with E-state index < -0.39 is 0 Å². The molecule has 84 valence electrons. The Morgan fingerprint density at radius 1 is 1.19 bits per heavy atom. The molecule has 5 heteroatoms. The quantitative estimate of drug-likeness (QED) is 0.823. The summed E-state index contributed by atoms with van der Waals surface area (Å²) >= 11 is 11.8. The number of hydrogen-bond donors (Lipinski definition) is 1. The Bertz CT molecular complexity index is 451. The van der Waals surface area contributed by atoms with Gasteiger partial charge in [0.15, 0.2) is 0 Å². The van der Waals surface area contributed by atoms with E-state index in [4.69, 9.17) is 23.2 Å². The van der Waals surface area contributed by atoms with E-state index in [9.17, 15) is 4.79 Å². The van der Waals surface area contributed by atoms with Crippen LogP contribution in [-0.2, 0) is 0 Å². The molecular weight excluding hydrogens is 247 g/mol. The first-order chi connectivity index (χ1) is 7.58. The predicted molar refractivity (Wildman–Crippen MR) is 64.3 cm³/mol. The summed E-state index contributed by atoms with van der Waals surface area (Å²) in [5, 5.41) is 4.09. The minimum atomic E-state index is -0.0594. The molecular formula is C11H10Cl2N2O. The van der Waals surface area contributed by atoms with Crippen molar-refractivity contribution in [3.8, 4) is 0 Å². The predicted octanol–water partition coefficient (Wildman–Crippen LogP) is 3.06. The van der Waals surface area contributed by atoms with Gasteiger partial charge in [-0.15, -0.1) is 0 Å². The van der Waals surface area contributed by atoms with Crippen LogP contribution >= 0.6 is 23.2 Å². The van der Waals surface area contributed by atoms with Crippen LogP contribution in [0.3, 0.4) is 0 Å². The fourth-order valence-corrected chi connectivity index (χ4v) is 2.56. The zero-order valence-electron chi connectivity index (χ0n) is 8.46. The zero-order valence-corrected chi connectivity index (χ0v) is 9.98. The summed E-state index contributed by atoms with van der Waals surface area (Å²) in [6.45, 7) is 0.711. The molecule has 0 atom stereocenters. The number of halogens is 2. The van der Waals surface area contributed by atoms with Crippen LogP contribution in [0, 0.1) is 0 Å². The largest absolute Gasteiger partial charge is 0.330 e. The minimum absolute atomic E-state index is 0.0197. The van der Waals surface area contributed by atoms with Crippen molar-refractivity contribution < 1.29 is 4.79 Å². The second kappa shape index (κ2) is 3.28. The monoisotopic (exact) mass is 256 g/mol. The van der Waals surface area contributed by atoms with E-state index in [-0.39, 0.29) is 11.6 Å². The molecule has 2 aliphatic rings. The van der Waals surface area contributed by atoms with Crippen molar-refractivity contribution in [1.82, 2.24) is 5.32 Å². The van der Waals surface area contributed by atoms with Gasteiger partial charge in [-0.05, 0) is 31.0 Å². The summed E-state index contributed by atoms with van der Waals surface area (Å²) in [5.41, 5.74) is 0.782. The Kier molecular flexibility index (Phi) is 2.10. The van der Waals surface area contributed by atoms with Gasteiger partial charge in [0.05, 0.1) is 12.1 Å². The van der Waals surface area contributed by atoms with Gasteiger partial charge >= 0.3 is 6.03 Å². The molecule has 0 aromatic heterocycles. The molecule has 1 spiro atoms. The third kappa shape index (κ3) is 1.64. The third-order valence-corrected chi connectivity index (χ3v) is 3.53. The molecule has 3 rings (SSSR count). The van der Waals surface area contributed by atoms with Gasteiger partial charge in [0.1, 0.15) is 0 Å². The highest BCUT2D eigenvalue weighted by Crippen LogP contribution is 2.41.